The van der Waals surface area contributed by atoms with Gasteiger partial charge in [0.25, 0.3) is 0 Å². The first-order chi connectivity index (χ1) is 9.07. The lowest BCUT2D eigenvalue weighted by atomic mass is 9.79. The molecule has 0 saturated carbocycles. The second-order valence-electron chi connectivity index (χ2n) is 7.08. The van der Waals surface area contributed by atoms with Crippen molar-refractivity contribution in [2.24, 2.45) is 10.7 Å². The Morgan fingerprint density at radius 3 is 2.10 bits per heavy atom. The van der Waals surface area contributed by atoms with E-state index < -0.39 is 0 Å². The Labute approximate surface area is 122 Å². The number of hydrogen-bond acceptors (Lipinski definition) is 3. The van der Waals surface area contributed by atoms with Gasteiger partial charge in [-0.1, -0.05) is 47.6 Å². The van der Waals surface area contributed by atoms with E-state index in [1.54, 1.807) is 6.21 Å². The zero-order chi connectivity index (χ0) is 15.6. The van der Waals surface area contributed by atoms with Crippen molar-refractivity contribution < 1.29 is 5.11 Å². The molecule has 1 aromatic carbocycles. The van der Waals surface area contributed by atoms with Gasteiger partial charge >= 0.3 is 0 Å². The van der Waals surface area contributed by atoms with Crippen LogP contribution in [0.4, 0.5) is 0 Å². The summed E-state index contributed by atoms with van der Waals surface area (Å²) in [4.78, 5) is 4.08. The number of phenols is 1. The van der Waals surface area contributed by atoms with E-state index in [0.29, 0.717) is 5.75 Å². The fourth-order valence-electron chi connectivity index (χ4n) is 1.93. The molecule has 0 aromatic heterocycles. The highest BCUT2D eigenvalue weighted by Crippen LogP contribution is 2.37. The van der Waals surface area contributed by atoms with E-state index >= 15 is 0 Å². The first-order valence-electron chi connectivity index (χ1n) is 6.85. The zero-order valence-electron chi connectivity index (χ0n) is 13.4. The van der Waals surface area contributed by atoms with Crippen LogP contribution in [-0.4, -0.2) is 11.3 Å². The summed E-state index contributed by atoms with van der Waals surface area (Å²) < 4.78 is 0. The Hall–Kier alpha value is -1.77. The van der Waals surface area contributed by atoms with Gasteiger partial charge in [-0.25, -0.2) is 0 Å². The lowest BCUT2D eigenvalue weighted by Gasteiger charge is -2.26. The van der Waals surface area contributed by atoms with Crippen LogP contribution in [0.25, 0.3) is 0 Å². The minimum Gasteiger partial charge on any atom is -0.507 e. The molecule has 110 valence electrons. The Morgan fingerprint density at radius 2 is 1.65 bits per heavy atom. The zero-order valence-corrected chi connectivity index (χ0v) is 13.4. The standard InChI is InChI=1S/C17H26N2O/c1-16(2,3)13-9-12(11-19-8-7-18)15(20)14(10-13)17(4,5)6/h7-11,20H,18H2,1-6H3/b8-7+,19-11-. The molecule has 3 nitrogen and oxygen atoms in total. The van der Waals surface area contributed by atoms with Crippen LogP contribution < -0.4 is 5.73 Å². The summed E-state index contributed by atoms with van der Waals surface area (Å²) >= 11 is 0. The molecule has 0 aliphatic carbocycles. The molecule has 0 atom stereocenters. The van der Waals surface area contributed by atoms with Gasteiger partial charge in [0, 0.05) is 29.7 Å². The second kappa shape index (κ2) is 5.70. The van der Waals surface area contributed by atoms with Crippen molar-refractivity contribution in [3.63, 3.8) is 0 Å². The lowest BCUT2D eigenvalue weighted by molar-refractivity contribution is 0.444. The van der Waals surface area contributed by atoms with Gasteiger partial charge in [0.15, 0.2) is 0 Å². The number of aromatic hydroxyl groups is 1. The van der Waals surface area contributed by atoms with Crippen molar-refractivity contribution in [3.05, 3.63) is 41.2 Å². The molecule has 0 unspecified atom stereocenters. The fraction of sp³-hybridized carbons (Fsp3) is 0.471. The highest BCUT2D eigenvalue weighted by molar-refractivity contribution is 5.85. The quantitative estimate of drug-likeness (QED) is 0.805. The molecule has 1 rings (SSSR count). The van der Waals surface area contributed by atoms with Crippen LogP contribution in [0, 0.1) is 0 Å². The molecule has 0 bridgehead atoms. The SMILES string of the molecule is CC(C)(C)c1cc(/C=N\C=C\N)c(O)c(C(C)(C)C)c1. The maximum Gasteiger partial charge on any atom is 0.128 e. The first kappa shape index (κ1) is 16.3. The summed E-state index contributed by atoms with van der Waals surface area (Å²) in [7, 11) is 0. The molecule has 0 radical (unpaired) electrons. The van der Waals surface area contributed by atoms with E-state index in [9.17, 15) is 5.11 Å². The predicted molar refractivity (Wildman–Crippen MR) is 86.4 cm³/mol. The smallest absolute Gasteiger partial charge is 0.128 e. The third-order valence-corrected chi connectivity index (χ3v) is 3.20. The number of nitrogens with two attached hydrogens (primary N) is 1. The second-order valence-corrected chi connectivity index (χ2v) is 7.08. The average molecular weight is 274 g/mol. The van der Waals surface area contributed by atoms with E-state index in [1.165, 1.54) is 18.0 Å². The van der Waals surface area contributed by atoms with E-state index in [1.807, 2.05) is 6.07 Å². The monoisotopic (exact) mass is 274 g/mol. The van der Waals surface area contributed by atoms with Crippen molar-refractivity contribution in [3.8, 4) is 5.75 Å². The van der Waals surface area contributed by atoms with Crippen molar-refractivity contribution >= 4 is 6.21 Å². The van der Waals surface area contributed by atoms with Gasteiger partial charge in [0.2, 0.25) is 0 Å². The van der Waals surface area contributed by atoms with Gasteiger partial charge in [0.1, 0.15) is 5.75 Å². The third-order valence-electron chi connectivity index (χ3n) is 3.20. The number of nitrogens with zero attached hydrogens (tertiary/aromatic N) is 1. The minimum absolute atomic E-state index is 0.0139. The molecule has 20 heavy (non-hydrogen) atoms. The molecular formula is C17H26N2O. The van der Waals surface area contributed by atoms with E-state index in [2.05, 4.69) is 52.6 Å². The van der Waals surface area contributed by atoms with Crippen LogP contribution >= 0.6 is 0 Å². The first-order valence-corrected chi connectivity index (χ1v) is 6.85. The lowest BCUT2D eigenvalue weighted by Crippen LogP contribution is -2.17. The molecule has 3 N–H and O–H groups in total. The summed E-state index contributed by atoms with van der Waals surface area (Å²) in [5.41, 5.74) is 7.99. The molecule has 3 heteroatoms. The molecular weight excluding hydrogens is 248 g/mol. The Morgan fingerprint density at radius 1 is 1.05 bits per heavy atom. The van der Waals surface area contributed by atoms with Crippen LogP contribution in [0.1, 0.15) is 58.2 Å². The molecule has 0 heterocycles. The number of hydrogen-bond donors (Lipinski definition) is 2. The summed E-state index contributed by atoms with van der Waals surface area (Å²) in [5, 5.41) is 10.5. The third kappa shape index (κ3) is 3.86. The summed E-state index contributed by atoms with van der Waals surface area (Å²) in [6.07, 6.45) is 4.51. The normalized spacial score (nSPS) is 13.5. The Bertz CT molecular complexity index is 529. The molecule has 0 aliphatic rings. The Kier molecular flexibility index (Phi) is 4.64. The maximum atomic E-state index is 10.5. The van der Waals surface area contributed by atoms with Gasteiger partial charge in [0.05, 0.1) is 0 Å². The van der Waals surface area contributed by atoms with Crippen LogP contribution in [0.5, 0.6) is 5.75 Å². The van der Waals surface area contributed by atoms with Gasteiger partial charge in [-0.05, 0) is 22.5 Å². The van der Waals surface area contributed by atoms with Crippen molar-refractivity contribution in [2.75, 3.05) is 0 Å². The van der Waals surface area contributed by atoms with Crippen LogP contribution in [0.3, 0.4) is 0 Å². The number of rotatable bonds is 2. The molecule has 0 aliphatic heterocycles. The number of aliphatic imine (C=N–C) groups is 1. The van der Waals surface area contributed by atoms with Crippen LogP contribution in [0.15, 0.2) is 29.5 Å². The molecule has 0 fully saturated rings. The predicted octanol–water partition coefficient (Wildman–Crippen LogP) is 3.84. The fourth-order valence-corrected chi connectivity index (χ4v) is 1.93. The highest BCUT2D eigenvalue weighted by atomic mass is 16.3. The number of phenolic OH excluding ortho intramolecular Hbond substituents is 1. The average Bonchev–Trinajstić information content (AvgIpc) is 2.28. The van der Waals surface area contributed by atoms with E-state index in [4.69, 9.17) is 5.73 Å². The summed E-state index contributed by atoms with van der Waals surface area (Å²) in [6.45, 7) is 12.8. The van der Waals surface area contributed by atoms with Gasteiger partial charge in [-0.2, -0.15) is 0 Å². The highest BCUT2D eigenvalue weighted by Gasteiger charge is 2.24. The molecule has 1 aromatic rings. The summed E-state index contributed by atoms with van der Waals surface area (Å²) in [5.74, 6) is 0.291. The largest absolute Gasteiger partial charge is 0.507 e. The van der Waals surface area contributed by atoms with Gasteiger partial charge in [-0.3, -0.25) is 4.99 Å². The summed E-state index contributed by atoms with van der Waals surface area (Å²) in [6, 6.07) is 4.07. The maximum absolute atomic E-state index is 10.5. The van der Waals surface area contributed by atoms with Gasteiger partial charge < -0.3 is 10.8 Å². The molecule has 0 amide bonds. The van der Waals surface area contributed by atoms with E-state index in [0.717, 1.165) is 11.1 Å². The van der Waals surface area contributed by atoms with Gasteiger partial charge in [-0.15, -0.1) is 0 Å². The molecule has 0 spiro atoms. The topological polar surface area (TPSA) is 58.6 Å². The van der Waals surface area contributed by atoms with Crippen LogP contribution in [-0.2, 0) is 10.8 Å². The van der Waals surface area contributed by atoms with Crippen molar-refractivity contribution in [2.45, 2.75) is 52.4 Å². The van der Waals surface area contributed by atoms with Crippen molar-refractivity contribution in [1.29, 1.82) is 0 Å². The number of benzene rings is 1. The van der Waals surface area contributed by atoms with Crippen LogP contribution in [0.2, 0.25) is 0 Å². The van der Waals surface area contributed by atoms with Crippen molar-refractivity contribution in [1.82, 2.24) is 0 Å². The minimum atomic E-state index is -0.127. The molecule has 0 saturated heterocycles. The Balaban J connectivity index is 3.51. The van der Waals surface area contributed by atoms with E-state index in [-0.39, 0.29) is 10.8 Å².